The minimum Gasteiger partial charge on any atom is -0.0859 e. The number of aryl methyl sites for hydroxylation is 20. The van der Waals surface area contributed by atoms with Gasteiger partial charge >= 0.3 is 0 Å². The van der Waals surface area contributed by atoms with Gasteiger partial charge < -0.3 is 0 Å². The Bertz CT molecular complexity index is 7690. The maximum Gasteiger partial charge on any atom is 0.243 e. The van der Waals surface area contributed by atoms with Crippen LogP contribution in [0.5, 0.6) is 0 Å². The van der Waals surface area contributed by atoms with Crippen LogP contribution in [0.15, 0.2) is 170 Å². The van der Waals surface area contributed by atoms with E-state index in [4.69, 9.17) is 20.4 Å². The van der Waals surface area contributed by atoms with Gasteiger partial charge in [0.2, 0.25) is 22.8 Å². The van der Waals surface area contributed by atoms with Crippen molar-refractivity contribution in [3.8, 4) is 134 Å². The van der Waals surface area contributed by atoms with Gasteiger partial charge in [-0.15, -0.1) is 0 Å². The Morgan fingerprint density at radius 3 is 0.859 bits per heavy atom. The second-order valence-electron chi connectivity index (χ2n) is 39.1. The number of aromatic nitrogens is 8. The number of benzene rings is 12. The quantitative estimate of drug-likeness (QED) is 0.165. The molecule has 8 nitrogen and oxygen atoms in total. The van der Waals surface area contributed by atoms with Crippen LogP contribution in [0, 0.1) is 138 Å². The lowest BCUT2D eigenvalue weighted by Gasteiger charge is -2.12. The molecular weight excluding hydrogens is 1550 g/mol. The van der Waals surface area contributed by atoms with Gasteiger partial charge in [-0.25, -0.2) is 0 Å². The first-order chi connectivity index (χ1) is 61.4. The Kier molecular flexibility index (Phi) is 19.4. The lowest BCUT2D eigenvalue weighted by atomic mass is 9.93. The lowest BCUT2D eigenvalue weighted by molar-refractivity contribution is -0.721. The minimum absolute atomic E-state index is 0.986. The molecule has 0 spiro atoms. The van der Waals surface area contributed by atoms with Crippen molar-refractivity contribution in [3.05, 3.63) is 371 Å². The SMILES string of the molecule is Cc1cc(C)c(C)c(-c2c3c(c(C)n[n+]2C)-c2ccc4c(c2C3)Cc2c(C)cccc2-4)c1.Cc1cc(C)c(C)c(-c2c3c(c(C)n[n+]2C)-c2ccc4c(c2C3)Cc2cccc(C)c2-4)c1.Cc1ccc2c(c1)-c1ccc3c(c1C2)Cc1c-3c(C)n[n+](C)c1-c1cc(C)cc(C)c1C.Cc1ccc2c(c1)Cc1c-2ccc2c1Cc1c-2c(C)n[n+](C)c1-c1cc(C)cc(C)c1C. The highest BCUT2D eigenvalue weighted by Gasteiger charge is 2.42. The lowest BCUT2D eigenvalue weighted by Crippen LogP contribution is -2.38. The van der Waals surface area contributed by atoms with E-state index in [9.17, 15) is 0 Å². The van der Waals surface area contributed by atoms with Gasteiger partial charge in [0.1, 0.15) is 22.8 Å². The Morgan fingerprint density at radius 2 is 0.453 bits per heavy atom. The molecule has 0 saturated heterocycles. The Hall–Kier alpha value is -13.0. The molecule has 8 aliphatic carbocycles. The third kappa shape index (κ3) is 12.8. The van der Waals surface area contributed by atoms with Crippen molar-refractivity contribution in [2.75, 3.05) is 0 Å². The summed E-state index contributed by atoms with van der Waals surface area (Å²) in [6.07, 6.45) is 8.11. The van der Waals surface area contributed by atoms with E-state index in [0.717, 1.165) is 74.1 Å². The summed E-state index contributed by atoms with van der Waals surface area (Å²) in [6, 6.07) is 64.6. The maximum atomic E-state index is 4.98. The molecule has 8 heteroatoms. The van der Waals surface area contributed by atoms with Crippen molar-refractivity contribution >= 4 is 0 Å². The summed E-state index contributed by atoms with van der Waals surface area (Å²) in [7, 11) is 8.41. The minimum atomic E-state index is 0.986. The molecule has 16 aromatic rings. The molecule has 0 unspecified atom stereocenters. The second kappa shape index (κ2) is 30.3. The van der Waals surface area contributed by atoms with E-state index >= 15 is 0 Å². The normalized spacial score (nSPS) is 13.1. The van der Waals surface area contributed by atoms with Crippen LogP contribution in [0.25, 0.3) is 134 Å². The zero-order valence-electron chi connectivity index (χ0n) is 79.4. The predicted octanol–water partition coefficient (Wildman–Crippen LogP) is 25.0. The molecule has 0 atom stereocenters. The van der Waals surface area contributed by atoms with E-state index in [1.165, 1.54) is 312 Å². The zero-order chi connectivity index (χ0) is 89.2. The largest absolute Gasteiger partial charge is 0.243 e. The monoisotopic (exact) mass is 1670 g/mol. The van der Waals surface area contributed by atoms with Crippen molar-refractivity contribution in [3.63, 3.8) is 0 Å². The van der Waals surface area contributed by atoms with Crippen LogP contribution in [0.4, 0.5) is 0 Å². The van der Waals surface area contributed by atoms with Crippen LogP contribution in [0.1, 0.15) is 201 Å². The first-order valence-electron chi connectivity index (χ1n) is 46.3. The van der Waals surface area contributed by atoms with E-state index < -0.39 is 0 Å². The van der Waals surface area contributed by atoms with Gasteiger partial charge in [0.05, 0.1) is 22.3 Å². The van der Waals surface area contributed by atoms with Crippen molar-refractivity contribution in [1.82, 2.24) is 20.4 Å². The molecule has 128 heavy (non-hydrogen) atoms. The van der Waals surface area contributed by atoms with Gasteiger partial charge in [0, 0.05) is 70.2 Å². The third-order valence-corrected chi connectivity index (χ3v) is 30.7. The number of hydrogen-bond acceptors (Lipinski definition) is 4. The van der Waals surface area contributed by atoms with Crippen molar-refractivity contribution in [1.29, 1.82) is 0 Å². The van der Waals surface area contributed by atoms with E-state index in [2.05, 4.69) is 355 Å². The molecule has 0 amide bonds. The first-order valence-corrected chi connectivity index (χ1v) is 46.3. The predicted molar refractivity (Wildman–Crippen MR) is 524 cm³/mol. The maximum absolute atomic E-state index is 4.98. The van der Waals surface area contributed by atoms with Crippen LogP contribution in [-0.4, -0.2) is 20.4 Å². The fourth-order valence-corrected chi connectivity index (χ4v) is 24.5. The fourth-order valence-electron chi connectivity index (χ4n) is 24.5. The number of rotatable bonds is 4. The summed E-state index contributed by atoms with van der Waals surface area (Å²) >= 11 is 0. The molecule has 24 rings (SSSR count). The molecule has 0 fully saturated rings. The summed E-state index contributed by atoms with van der Waals surface area (Å²) in [5.74, 6) is 0. The van der Waals surface area contributed by atoms with Crippen LogP contribution >= 0.6 is 0 Å². The van der Waals surface area contributed by atoms with Crippen molar-refractivity contribution in [2.24, 2.45) is 28.2 Å². The summed E-state index contributed by atoms with van der Waals surface area (Å²) in [5, 5.41) is 19.9. The molecule has 632 valence electrons. The van der Waals surface area contributed by atoms with Gasteiger partial charge in [-0.1, -0.05) is 198 Å². The van der Waals surface area contributed by atoms with Gasteiger partial charge in [-0.05, 0) is 398 Å². The molecule has 12 aromatic carbocycles. The van der Waals surface area contributed by atoms with Gasteiger partial charge in [-0.2, -0.15) is 0 Å². The van der Waals surface area contributed by atoms with E-state index in [0.29, 0.717) is 0 Å². The zero-order valence-corrected chi connectivity index (χ0v) is 79.4. The molecule has 0 radical (unpaired) electrons. The van der Waals surface area contributed by atoms with E-state index in [1.54, 1.807) is 0 Å². The molecule has 4 aromatic heterocycles. The Labute approximate surface area is 756 Å². The summed E-state index contributed by atoms with van der Waals surface area (Å²) in [6.45, 7) is 44.1. The third-order valence-electron chi connectivity index (χ3n) is 30.7. The van der Waals surface area contributed by atoms with Crippen LogP contribution in [-0.2, 0) is 79.6 Å². The molecule has 0 N–H and O–H groups in total. The summed E-state index contributed by atoms with van der Waals surface area (Å²) in [5.41, 5.74) is 82.4. The Balaban J connectivity index is 0.000000104. The Morgan fingerprint density at radius 1 is 0.180 bits per heavy atom. The van der Waals surface area contributed by atoms with E-state index in [1.807, 2.05) is 0 Å². The molecule has 8 aliphatic rings. The average Bonchev–Trinajstić information content (AvgIpc) is 1.58. The number of fused-ring (bicyclic) bond motifs is 28. The van der Waals surface area contributed by atoms with Crippen molar-refractivity contribution in [2.45, 2.75) is 190 Å². The molecule has 4 heterocycles. The molecular formula is C120H116N8+4. The van der Waals surface area contributed by atoms with Crippen LogP contribution in [0.2, 0.25) is 0 Å². The fraction of sp³-hybridized carbons (Fsp3) is 0.267. The molecule has 0 saturated carbocycles. The summed E-state index contributed by atoms with van der Waals surface area (Å²) < 4.78 is 8.44. The smallest absolute Gasteiger partial charge is 0.0859 e. The topological polar surface area (TPSA) is 67.1 Å². The van der Waals surface area contributed by atoms with Gasteiger partial charge in [0.25, 0.3) is 0 Å². The number of hydrogen-bond donors (Lipinski definition) is 0. The van der Waals surface area contributed by atoms with Crippen LogP contribution < -0.4 is 18.7 Å². The highest BCUT2D eigenvalue weighted by Crippen LogP contribution is 2.56. The summed E-state index contributed by atoms with van der Waals surface area (Å²) in [4.78, 5) is 0. The van der Waals surface area contributed by atoms with Gasteiger partial charge in [0.15, 0.2) is 28.2 Å². The standard InChI is InChI=1S/4C30H29N2/c1-16-7-8-22-21(12-16)14-26-23(22)9-10-24-27(26)15-28-29(24)20(5)31-32(6)30(28)25-13-17(2)11-18(3)19(25)4;1-16-7-8-21-14-26-22(25(21)12-16)9-10-23-27(26)15-28-29(23)20(5)31-32(6)30(28)24-13-17(2)11-18(3)19(24)4;1-16-12-18(3)19(4)25(13-16)30-28-15-27-23(29(28)20(5)31-32(30)6)11-10-22-21-9-7-8-17(2)24(21)14-26(22)27;1-16-12-18(3)19(4)24(13-16)30-27-15-26-23(29(27)20(5)31-32(30)6)11-10-22-25(26)14-21-9-7-8-17(2)28(21)22/h4*7-13H,14-15H2,1-6H3/q4*+1. The van der Waals surface area contributed by atoms with Crippen LogP contribution in [0.3, 0.4) is 0 Å². The second-order valence-corrected chi connectivity index (χ2v) is 39.1. The number of nitrogens with zero attached hydrogens (tertiary/aromatic N) is 8. The molecule has 0 aliphatic heterocycles. The average molecular weight is 1670 g/mol. The van der Waals surface area contributed by atoms with Crippen molar-refractivity contribution < 1.29 is 18.7 Å². The highest BCUT2D eigenvalue weighted by molar-refractivity contribution is 5.96. The highest BCUT2D eigenvalue weighted by atomic mass is 15.3. The molecule has 0 bridgehead atoms. The first kappa shape index (κ1) is 82.0. The van der Waals surface area contributed by atoms with Gasteiger partial charge in [-0.3, -0.25) is 0 Å². The van der Waals surface area contributed by atoms with E-state index in [-0.39, 0.29) is 0 Å².